The highest BCUT2D eigenvalue weighted by molar-refractivity contribution is 8.00. The number of nitrogens with one attached hydrogen (secondary N) is 1. The maximum atomic E-state index is 14.7. The van der Waals surface area contributed by atoms with Crippen molar-refractivity contribution in [2.45, 2.75) is 42.6 Å². The molecule has 152 valence electrons. The molecule has 0 radical (unpaired) electrons. The monoisotopic (exact) mass is 433 g/mol. The molecule has 0 bridgehead atoms. The van der Waals surface area contributed by atoms with Crippen LogP contribution in [0.2, 0.25) is 5.02 Å². The average molecular weight is 434 g/mol. The SMILES string of the molecule is Cn1nccc1[C@@H]1CCCCC1Oc1cc(F)c(SNc2ccncn2)cc1Cl. The second kappa shape index (κ2) is 9.00. The Kier molecular flexibility index (Phi) is 6.20. The second-order valence-corrected chi connectivity index (χ2v) is 8.19. The minimum absolute atomic E-state index is 0.0614. The summed E-state index contributed by atoms with van der Waals surface area (Å²) in [5.74, 6) is 0.768. The van der Waals surface area contributed by atoms with Gasteiger partial charge in [-0.3, -0.25) is 4.68 Å². The molecule has 0 amide bonds. The standard InChI is InChI=1S/C20H21ClFN5OS/c1-27-16(6-9-25-27)13-4-2-3-5-17(13)28-18-11-15(22)19(10-14(18)21)29-26-20-7-8-23-12-24-20/h6-13,17H,2-5H2,1H3,(H,23,24,26)/t13-,17?/m0/s1. The molecule has 1 N–H and O–H groups in total. The smallest absolute Gasteiger partial charge is 0.142 e. The molecule has 1 fully saturated rings. The van der Waals surface area contributed by atoms with Crippen molar-refractivity contribution in [3.63, 3.8) is 0 Å². The van der Waals surface area contributed by atoms with Gasteiger partial charge >= 0.3 is 0 Å². The summed E-state index contributed by atoms with van der Waals surface area (Å²) in [6, 6.07) is 6.66. The molecule has 4 rings (SSSR count). The van der Waals surface area contributed by atoms with Crippen LogP contribution in [0, 0.1) is 5.82 Å². The van der Waals surface area contributed by atoms with Gasteiger partial charge < -0.3 is 9.46 Å². The minimum Gasteiger partial charge on any atom is -0.488 e. The lowest BCUT2D eigenvalue weighted by molar-refractivity contribution is 0.126. The van der Waals surface area contributed by atoms with Crippen LogP contribution >= 0.6 is 23.5 Å². The summed E-state index contributed by atoms with van der Waals surface area (Å²) in [5, 5.41) is 4.66. The van der Waals surface area contributed by atoms with E-state index in [0.717, 1.165) is 43.3 Å². The molecule has 9 heteroatoms. The van der Waals surface area contributed by atoms with E-state index in [9.17, 15) is 4.39 Å². The summed E-state index contributed by atoms with van der Waals surface area (Å²) in [7, 11) is 1.93. The highest BCUT2D eigenvalue weighted by Gasteiger charge is 2.31. The van der Waals surface area contributed by atoms with Crippen LogP contribution in [0.5, 0.6) is 5.75 Å². The van der Waals surface area contributed by atoms with Crippen LogP contribution in [0.15, 0.2) is 47.9 Å². The average Bonchev–Trinajstić information content (AvgIpc) is 3.16. The molecule has 1 aliphatic carbocycles. The second-order valence-electron chi connectivity index (χ2n) is 6.94. The van der Waals surface area contributed by atoms with Crippen LogP contribution in [0.4, 0.5) is 10.2 Å². The van der Waals surface area contributed by atoms with E-state index in [1.807, 2.05) is 17.8 Å². The number of benzene rings is 1. The van der Waals surface area contributed by atoms with Crippen molar-refractivity contribution in [3.05, 3.63) is 59.5 Å². The molecule has 2 atom stereocenters. The Hall–Kier alpha value is -2.32. The number of ether oxygens (including phenoxy) is 1. The maximum absolute atomic E-state index is 14.7. The number of hydrogen-bond donors (Lipinski definition) is 1. The van der Waals surface area contributed by atoms with Crippen LogP contribution in [-0.4, -0.2) is 25.9 Å². The zero-order valence-electron chi connectivity index (χ0n) is 15.9. The van der Waals surface area contributed by atoms with E-state index in [-0.39, 0.29) is 12.0 Å². The van der Waals surface area contributed by atoms with Crippen LogP contribution in [0.1, 0.15) is 37.3 Å². The summed E-state index contributed by atoms with van der Waals surface area (Å²) in [4.78, 5) is 8.27. The predicted molar refractivity (Wildman–Crippen MR) is 112 cm³/mol. The molecule has 1 aromatic carbocycles. The lowest BCUT2D eigenvalue weighted by Gasteiger charge is -2.32. The summed E-state index contributed by atoms with van der Waals surface area (Å²) in [6.07, 6.45) is 8.90. The van der Waals surface area contributed by atoms with Crippen molar-refractivity contribution in [1.82, 2.24) is 19.7 Å². The fourth-order valence-corrected chi connectivity index (χ4v) is 4.57. The third-order valence-electron chi connectivity index (χ3n) is 5.05. The Morgan fingerprint density at radius 2 is 2.10 bits per heavy atom. The molecule has 2 heterocycles. The van der Waals surface area contributed by atoms with Gasteiger partial charge in [0.1, 0.15) is 29.8 Å². The van der Waals surface area contributed by atoms with Gasteiger partial charge in [-0.2, -0.15) is 5.10 Å². The number of hydrogen-bond acceptors (Lipinski definition) is 6. The molecule has 2 aromatic heterocycles. The third kappa shape index (κ3) is 4.64. The topological polar surface area (TPSA) is 64.9 Å². The highest BCUT2D eigenvalue weighted by Crippen LogP contribution is 2.39. The van der Waals surface area contributed by atoms with E-state index in [2.05, 4.69) is 19.8 Å². The van der Waals surface area contributed by atoms with E-state index in [0.29, 0.717) is 21.5 Å². The van der Waals surface area contributed by atoms with Crippen molar-refractivity contribution in [2.75, 3.05) is 4.72 Å². The van der Waals surface area contributed by atoms with Gasteiger partial charge in [-0.05, 0) is 49.4 Å². The molecule has 1 unspecified atom stereocenters. The minimum atomic E-state index is -0.399. The van der Waals surface area contributed by atoms with Gasteiger partial charge in [-0.15, -0.1) is 0 Å². The molecule has 1 aliphatic rings. The zero-order valence-corrected chi connectivity index (χ0v) is 17.5. The number of anilines is 1. The first-order valence-corrected chi connectivity index (χ1v) is 10.6. The Labute approximate surface area is 178 Å². The predicted octanol–water partition coefficient (Wildman–Crippen LogP) is 5.23. The van der Waals surface area contributed by atoms with Crippen LogP contribution in [-0.2, 0) is 7.05 Å². The summed E-state index contributed by atoms with van der Waals surface area (Å²) >= 11 is 7.53. The van der Waals surface area contributed by atoms with E-state index in [1.54, 1.807) is 24.5 Å². The first-order chi connectivity index (χ1) is 14.1. The van der Waals surface area contributed by atoms with Crippen molar-refractivity contribution >= 4 is 29.4 Å². The Morgan fingerprint density at radius 1 is 1.24 bits per heavy atom. The van der Waals surface area contributed by atoms with Gasteiger partial charge in [0, 0.05) is 37.1 Å². The van der Waals surface area contributed by atoms with E-state index < -0.39 is 5.82 Å². The molecule has 3 aromatic rings. The normalized spacial score (nSPS) is 19.1. The lowest BCUT2D eigenvalue weighted by Crippen LogP contribution is -2.30. The molecular formula is C20H21ClFN5OS. The first-order valence-electron chi connectivity index (χ1n) is 9.44. The van der Waals surface area contributed by atoms with Gasteiger partial charge in [0.2, 0.25) is 0 Å². The zero-order chi connectivity index (χ0) is 20.2. The van der Waals surface area contributed by atoms with Gasteiger partial charge in [0.25, 0.3) is 0 Å². The largest absolute Gasteiger partial charge is 0.488 e. The quantitative estimate of drug-likeness (QED) is 0.537. The van der Waals surface area contributed by atoms with Gasteiger partial charge in [0.15, 0.2) is 0 Å². The molecular weight excluding hydrogens is 413 g/mol. The van der Waals surface area contributed by atoms with Crippen molar-refractivity contribution in [2.24, 2.45) is 7.05 Å². The Bertz CT molecular complexity index is 971. The van der Waals surface area contributed by atoms with Crippen molar-refractivity contribution in [1.29, 1.82) is 0 Å². The van der Waals surface area contributed by atoms with Crippen molar-refractivity contribution < 1.29 is 9.13 Å². The van der Waals surface area contributed by atoms with Gasteiger partial charge in [-0.25, -0.2) is 14.4 Å². The molecule has 6 nitrogen and oxygen atoms in total. The van der Waals surface area contributed by atoms with Gasteiger partial charge in [-0.1, -0.05) is 18.0 Å². The maximum Gasteiger partial charge on any atom is 0.142 e. The highest BCUT2D eigenvalue weighted by atomic mass is 35.5. The number of aryl methyl sites for hydroxylation is 1. The number of aromatic nitrogens is 4. The van der Waals surface area contributed by atoms with Gasteiger partial charge in [0.05, 0.1) is 9.92 Å². The first kappa shape index (κ1) is 20.0. The number of halogens is 2. The summed E-state index contributed by atoms with van der Waals surface area (Å²) < 4.78 is 25.7. The van der Waals surface area contributed by atoms with Crippen LogP contribution in [0.3, 0.4) is 0 Å². The Morgan fingerprint density at radius 3 is 2.86 bits per heavy atom. The van der Waals surface area contributed by atoms with E-state index in [4.69, 9.17) is 16.3 Å². The van der Waals surface area contributed by atoms with Crippen molar-refractivity contribution in [3.8, 4) is 5.75 Å². The molecule has 0 spiro atoms. The molecule has 0 saturated heterocycles. The van der Waals surface area contributed by atoms with E-state index >= 15 is 0 Å². The molecule has 29 heavy (non-hydrogen) atoms. The summed E-state index contributed by atoms with van der Waals surface area (Å²) in [5.41, 5.74) is 1.13. The number of rotatable bonds is 6. The number of nitrogens with zero attached hydrogens (tertiary/aromatic N) is 4. The third-order valence-corrected chi connectivity index (χ3v) is 6.19. The van der Waals surface area contributed by atoms with E-state index in [1.165, 1.54) is 12.4 Å². The summed E-state index contributed by atoms with van der Waals surface area (Å²) in [6.45, 7) is 0. The fraction of sp³-hybridized carbons (Fsp3) is 0.350. The lowest BCUT2D eigenvalue weighted by atomic mass is 9.84. The van der Waals surface area contributed by atoms with Crippen LogP contribution in [0.25, 0.3) is 0 Å². The fourth-order valence-electron chi connectivity index (χ4n) is 3.62. The molecule has 0 aliphatic heterocycles. The van der Waals surface area contributed by atoms with Crippen LogP contribution < -0.4 is 9.46 Å². The Balaban J connectivity index is 1.49. The molecule has 1 saturated carbocycles.